The second kappa shape index (κ2) is 7.31. The third kappa shape index (κ3) is 4.58. The Morgan fingerprint density at radius 1 is 1.33 bits per heavy atom. The van der Waals surface area contributed by atoms with Crippen molar-refractivity contribution in [1.82, 2.24) is 5.32 Å². The minimum atomic E-state index is 0.618. The van der Waals surface area contributed by atoms with Gasteiger partial charge in [-0.05, 0) is 41.0 Å². The van der Waals surface area contributed by atoms with Crippen LogP contribution in [-0.2, 0) is 0 Å². The molecular formula is C12H18BrNS. The van der Waals surface area contributed by atoms with E-state index in [4.69, 9.17) is 0 Å². The van der Waals surface area contributed by atoms with Gasteiger partial charge in [0.15, 0.2) is 0 Å². The minimum absolute atomic E-state index is 0.618. The van der Waals surface area contributed by atoms with E-state index in [0.29, 0.717) is 6.04 Å². The predicted molar refractivity (Wildman–Crippen MR) is 72.6 cm³/mol. The summed E-state index contributed by atoms with van der Waals surface area (Å²) in [5, 5.41) is 3.49. The maximum absolute atomic E-state index is 3.57. The molecule has 0 heterocycles. The van der Waals surface area contributed by atoms with Crippen molar-refractivity contribution in [3.63, 3.8) is 0 Å². The number of hydrogen-bond acceptors (Lipinski definition) is 2. The van der Waals surface area contributed by atoms with Crippen molar-refractivity contribution >= 4 is 27.7 Å². The fourth-order valence-electron chi connectivity index (χ4n) is 1.36. The highest BCUT2D eigenvalue weighted by Crippen LogP contribution is 2.27. The van der Waals surface area contributed by atoms with Gasteiger partial charge in [-0.2, -0.15) is 0 Å². The van der Waals surface area contributed by atoms with Gasteiger partial charge < -0.3 is 5.32 Å². The lowest BCUT2D eigenvalue weighted by atomic mass is 10.2. The molecule has 0 amide bonds. The molecule has 1 nitrogen and oxygen atoms in total. The molecule has 0 bridgehead atoms. The predicted octanol–water partition coefficient (Wildman–Crippen LogP) is 3.93. The van der Waals surface area contributed by atoms with Gasteiger partial charge in [-0.15, -0.1) is 11.8 Å². The summed E-state index contributed by atoms with van der Waals surface area (Å²) in [5.41, 5.74) is 0. The Morgan fingerprint density at radius 3 is 2.67 bits per heavy atom. The van der Waals surface area contributed by atoms with Crippen LogP contribution in [-0.4, -0.2) is 18.3 Å². The van der Waals surface area contributed by atoms with Gasteiger partial charge in [0.05, 0.1) is 0 Å². The van der Waals surface area contributed by atoms with Gasteiger partial charge in [0, 0.05) is 21.2 Å². The molecule has 0 aliphatic rings. The Kier molecular flexibility index (Phi) is 6.37. The first-order chi connectivity index (χ1) is 7.27. The van der Waals surface area contributed by atoms with E-state index in [9.17, 15) is 0 Å². The molecule has 1 rings (SSSR count). The molecule has 0 fully saturated rings. The van der Waals surface area contributed by atoms with Crippen molar-refractivity contribution in [2.45, 2.75) is 31.2 Å². The third-order valence-electron chi connectivity index (χ3n) is 2.26. The first-order valence-electron chi connectivity index (χ1n) is 5.38. The molecular weight excluding hydrogens is 270 g/mol. The quantitative estimate of drug-likeness (QED) is 0.796. The third-order valence-corrected chi connectivity index (χ3v) is 4.45. The van der Waals surface area contributed by atoms with E-state index in [1.165, 1.54) is 15.8 Å². The molecule has 0 saturated carbocycles. The minimum Gasteiger partial charge on any atom is -0.313 e. The highest BCUT2D eigenvalue weighted by molar-refractivity contribution is 9.10. The molecule has 0 saturated heterocycles. The van der Waals surface area contributed by atoms with Gasteiger partial charge in [-0.25, -0.2) is 0 Å². The van der Waals surface area contributed by atoms with Crippen LogP contribution in [0.25, 0.3) is 0 Å². The molecule has 1 aromatic carbocycles. The lowest BCUT2D eigenvalue weighted by molar-refractivity contribution is 0.560. The van der Waals surface area contributed by atoms with Crippen LogP contribution >= 0.6 is 27.7 Å². The van der Waals surface area contributed by atoms with Crippen LogP contribution in [0.4, 0.5) is 0 Å². The molecule has 1 aromatic rings. The smallest absolute Gasteiger partial charge is 0.0311 e. The normalized spacial score (nSPS) is 12.7. The van der Waals surface area contributed by atoms with Crippen molar-refractivity contribution in [2.24, 2.45) is 0 Å². The number of halogens is 1. The summed E-state index contributed by atoms with van der Waals surface area (Å²) in [5.74, 6) is 1.13. The van der Waals surface area contributed by atoms with Crippen molar-refractivity contribution in [2.75, 3.05) is 12.3 Å². The van der Waals surface area contributed by atoms with Crippen molar-refractivity contribution < 1.29 is 0 Å². The van der Waals surface area contributed by atoms with Gasteiger partial charge in [0.25, 0.3) is 0 Å². The van der Waals surface area contributed by atoms with Crippen LogP contribution in [0.1, 0.15) is 20.3 Å². The molecule has 84 valence electrons. The molecule has 15 heavy (non-hydrogen) atoms. The Morgan fingerprint density at radius 2 is 2.07 bits per heavy atom. The fourth-order valence-corrected chi connectivity index (χ4v) is 3.11. The number of hydrogen-bond donors (Lipinski definition) is 1. The average molecular weight is 288 g/mol. The van der Waals surface area contributed by atoms with Crippen LogP contribution in [0.15, 0.2) is 33.6 Å². The van der Waals surface area contributed by atoms with Gasteiger partial charge in [-0.3, -0.25) is 0 Å². The maximum Gasteiger partial charge on any atom is 0.0311 e. The van der Waals surface area contributed by atoms with Crippen LogP contribution in [0.5, 0.6) is 0 Å². The number of thioether (sulfide) groups is 1. The zero-order chi connectivity index (χ0) is 11.1. The van der Waals surface area contributed by atoms with Crippen LogP contribution in [0.2, 0.25) is 0 Å². The van der Waals surface area contributed by atoms with Crippen LogP contribution < -0.4 is 5.32 Å². The molecule has 1 atom stereocenters. The Balaban J connectivity index is 2.45. The van der Waals surface area contributed by atoms with E-state index < -0.39 is 0 Å². The maximum atomic E-state index is 3.57. The van der Waals surface area contributed by atoms with Gasteiger partial charge in [0.1, 0.15) is 0 Å². The molecule has 0 spiro atoms. The number of nitrogens with one attached hydrogen (secondary N) is 1. The topological polar surface area (TPSA) is 12.0 Å². The summed E-state index contributed by atoms with van der Waals surface area (Å²) in [6, 6.07) is 9.01. The van der Waals surface area contributed by atoms with Crippen LogP contribution in [0, 0.1) is 0 Å². The van der Waals surface area contributed by atoms with Crippen molar-refractivity contribution in [3.05, 3.63) is 28.7 Å². The number of rotatable bonds is 6. The molecule has 3 heteroatoms. The van der Waals surface area contributed by atoms with E-state index in [1.54, 1.807) is 0 Å². The summed E-state index contributed by atoms with van der Waals surface area (Å²) < 4.78 is 1.20. The lowest BCUT2D eigenvalue weighted by Gasteiger charge is -2.15. The average Bonchev–Trinajstić information content (AvgIpc) is 2.26. The second-order valence-electron chi connectivity index (χ2n) is 3.40. The second-order valence-corrected chi connectivity index (χ2v) is 5.32. The van der Waals surface area contributed by atoms with E-state index in [2.05, 4.69) is 59.4 Å². The Hall–Kier alpha value is 0.01000. The van der Waals surface area contributed by atoms with E-state index in [0.717, 1.165) is 12.3 Å². The standard InChI is InChI=1S/C12H18BrNS/c1-3-10(14-4-2)9-15-12-8-6-5-7-11(12)13/h5-8,10,14H,3-4,9H2,1-2H3. The fraction of sp³-hybridized carbons (Fsp3) is 0.500. The highest BCUT2D eigenvalue weighted by atomic mass is 79.9. The van der Waals surface area contributed by atoms with E-state index in [1.807, 2.05) is 11.8 Å². The molecule has 0 aromatic heterocycles. The van der Waals surface area contributed by atoms with Crippen molar-refractivity contribution in [1.29, 1.82) is 0 Å². The summed E-state index contributed by atoms with van der Waals surface area (Å²) in [7, 11) is 0. The zero-order valence-corrected chi connectivity index (χ0v) is 11.7. The molecule has 0 radical (unpaired) electrons. The molecule has 0 aliphatic heterocycles. The summed E-state index contributed by atoms with van der Waals surface area (Å²) in [6.45, 7) is 5.44. The SMILES string of the molecule is CCNC(CC)CSc1ccccc1Br. The zero-order valence-electron chi connectivity index (χ0n) is 9.29. The van der Waals surface area contributed by atoms with E-state index in [-0.39, 0.29) is 0 Å². The molecule has 1 unspecified atom stereocenters. The van der Waals surface area contributed by atoms with Gasteiger partial charge in [0.2, 0.25) is 0 Å². The summed E-state index contributed by atoms with van der Waals surface area (Å²) in [4.78, 5) is 1.33. The summed E-state index contributed by atoms with van der Waals surface area (Å²) >= 11 is 5.48. The Bertz CT molecular complexity index is 291. The molecule has 1 N–H and O–H groups in total. The highest BCUT2D eigenvalue weighted by Gasteiger charge is 2.06. The van der Waals surface area contributed by atoms with Gasteiger partial charge in [-0.1, -0.05) is 26.0 Å². The largest absolute Gasteiger partial charge is 0.313 e. The van der Waals surface area contributed by atoms with E-state index >= 15 is 0 Å². The first kappa shape index (κ1) is 13.1. The summed E-state index contributed by atoms with van der Waals surface area (Å²) in [6.07, 6.45) is 1.19. The van der Waals surface area contributed by atoms with Crippen LogP contribution in [0.3, 0.4) is 0 Å². The monoisotopic (exact) mass is 287 g/mol. The first-order valence-corrected chi connectivity index (χ1v) is 7.16. The lowest BCUT2D eigenvalue weighted by Crippen LogP contribution is -2.30. The number of benzene rings is 1. The van der Waals surface area contributed by atoms with Gasteiger partial charge >= 0.3 is 0 Å². The van der Waals surface area contributed by atoms with Crippen molar-refractivity contribution in [3.8, 4) is 0 Å². The Labute approximate surface area is 105 Å². The molecule has 0 aliphatic carbocycles.